The minimum absolute atomic E-state index is 0.0796. The van der Waals surface area contributed by atoms with E-state index < -0.39 is 12.1 Å². The first-order valence-electron chi connectivity index (χ1n) is 30.9. The van der Waals surface area contributed by atoms with Gasteiger partial charge in [0.05, 0.1) is 6.42 Å². The molecule has 0 aliphatic rings. The molecule has 0 rings (SSSR count). The van der Waals surface area contributed by atoms with Crippen LogP contribution in [-0.4, -0.2) is 37.2 Å². The van der Waals surface area contributed by atoms with E-state index in [-0.39, 0.29) is 31.6 Å². The van der Waals surface area contributed by atoms with Gasteiger partial charge in [0, 0.05) is 12.8 Å². The Balaban J connectivity index is 4.38. The van der Waals surface area contributed by atoms with Crippen LogP contribution in [0.3, 0.4) is 0 Å². The van der Waals surface area contributed by atoms with Crippen molar-refractivity contribution >= 4 is 17.9 Å². The summed E-state index contributed by atoms with van der Waals surface area (Å²) in [5, 5.41) is 0. The highest BCUT2D eigenvalue weighted by atomic mass is 16.6. The van der Waals surface area contributed by atoms with E-state index >= 15 is 0 Å². The van der Waals surface area contributed by atoms with E-state index in [2.05, 4.69) is 203 Å². The van der Waals surface area contributed by atoms with Crippen molar-refractivity contribution in [1.29, 1.82) is 0 Å². The van der Waals surface area contributed by atoms with E-state index in [1.807, 2.05) is 6.08 Å². The molecule has 0 saturated carbocycles. The predicted octanol–water partition coefficient (Wildman–Crippen LogP) is 21.4. The summed E-state index contributed by atoms with van der Waals surface area (Å²) in [6.45, 7) is 6.23. The Morgan fingerprint density at radius 1 is 0.278 bits per heavy atom. The van der Waals surface area contributed by atoms with Gasteiger partial charge in [0.2, 0.25) is 0 Å². The Kier molecular flexibility index (Phi) is 60.1. The number of unbranched alkanes of at least 4 members (excludes halogenated alkanes) is 11. The van der Waals surface area contributed by atoms with E-state index in [0.717, 1.165) is 161 Å². The first kappa shape index (κ1) is 73.2. The highest BCUT2D eigenvalue weighted by Gasteiger charge is 2.19. The Hall–Kier alpha value is -5.75. The molecule has 79 heavy (non-hydrogen) atoms. The Morgan fingerprint density at radius 2 is 0.532 bits per heavy atom. The van der Waals surface area contributed by atoms with Crippen molar-refractivity contribution in [1.82, 2.24) is 0 Å². The van der Waals surface area contributed by atoms with Crippen LogP contribution in [0.2, 0.25) is 0 Å². The van der Waals surface area contributed by atoms with Crippen molar-refractivity contribution in [3.63, 3.8) is 0 Å². The van der Waals surface area contributed by atoms with E-state index in [0.29, 0.717) is 19.3 Å². The fraction of sp³-hybridized carbons (Fsp3) is 0.521. The van der Waals surface area contributed by atoms with Gasteiger partial charge < -0.3 is 14.2 Å². The van der Waals surface area contributed by atoms with Gasteiger partial charge in [0.25, 0.3) is 0 Å². The highest BCUT2D eigenvalue weighted by Crippen LogP contribution is 2.12. The van der Waals surface area contributed by atoms with E-state index in [1.54, 1.807) is 6.08 Å². The number of hydrogen-bond donors (Lipinski definition) is 0. The van der Waals surface area contributed by atoms with Crippen LogP contribution in [-0.2, 0) is 28.6 Å². The van der Waals surface area contributed by atoms with Crippen molar-refractivity contribution < 1.29 is 28.6 Å². The second-order valence-electron chi connectivity index (χ2n) is 19.5. The maximum absolute atomic E-state index is 12.8. The molecule has 0 aromatic carbocycles. The van der Waals surface area contributed by atoms with Crippen LogP contribution < -0.4 is 0 Å². The van der Waals surface area contributed by atoms with E-state index in [1.165, 1.54) is 19.3 Å². The lowest BCUT2D eigenvalue weighted by molar-refractivity contribution is -0.166. The zero-order valence-corrected chi connectivity index (χ0v) is 50.0. The molecule has 1 unspecified atom stereocenters. The number of carbonyl (C=O) groups is 3. The van der Waals surface area contributed by atoms with Crippen LogP contribution in [0.5, 0.6) is 0 Å². The van der Waals surface area contributed by atoms with E-state index in [9.17, 15) is 14.4 Å². The molecule has 0 aromatic heterocycles. The van der Waals surface area contributed by atoms with Crippen molar-refractivity contribution in [2.24, 2.45) is 0 Å². The molecule has 0 radical (unpaired) electrons. The van der Waals surface area contributed by atoms with Gasteiger partial charge in [-0.3, -0.25) is 14.4 Å². The van der Waals surface area contributed by atoms with Gasteiger partial charge in [0.1, 0.15) is 13.2 Å². The summed E-state index contributed by atoms with van der Waals surface area (Å²) in [4.78, 5) is 38.1. The first-order valence-corrected chi connectivity index (χ1v) is 30.9. The summed E-state index contributed by atoms with van der Waals surface area (Å²) >= 11 is 0. The first-order chi connectivity index (χ1) is 39.0. The van der Waals surface area contributed by atoms with Crippen molar-refractivity contribution in [3.8, 4) is 0 Å². The van der Waals surface area contributed by atoms with Gasteiger partial charge in [-0.25, -0.2) is 0 Å². The van der Waals surface area contributed by atoms with Crippen LogP contribution in [0.15, 0.2) is 194 Å². The zero-order chi connectivity index (χ0) is 57.1. The van der Waals surface area contributed by atoms with Crippen molar-refractivity contribution in [2.75, 3.05) is 13.2 Å². The third-order valence-electron chi connectivity index (χ3n) is 12.1. The van der Waals surface area contributed by atoms with Crippen LogP contribution in [0, 0.1) is 0 Å². The average Bonchev–Trinajstić information content (AvgIpc) is 3.45. The molecule has 0 aliphatic carbocycles. The molecule has 6 nitrogen and oxygen atoms in total. The monoisotopic (exact) mass is 1080 g/mol. The molecule has 0 N–H and O–H groups in total. The second kappa shape index (κ2) is 64.8. The lowest BCUT2D eigenvalue weighted by Gasteiger charge is -2.18. The molecule has 0 aromatic rings. The van der Waals surface area contributed by atoms with Gasteiger partial charge in [-0.1, -0.05) is 260 Å². The molecule has 0 saturated heterocycles. The second-order valence-corrected chi connectivity index (χ2v) is 19.5. The molecule has 0 bridgehead atoms. The molecule has 0 spiro atoms. The van der Waals surface area contributed by atoms with Crippen LogP contribution in [0.25, 0.3) is 0 Å². The quantitative estimate of drug-likeness (QED) is 0.0261. The Bertz CT molecular complexity index is 1920. The molecular formula is C73H110O6. The maximum atomic E-state index is 12.8. The largest absolute Gasteiger partial charge is 0.462 e. The summed E-state index contributed by atoms with van der Waals surface area (Å²) in [7, 11) is 0. The number of esters is 3. The number of carbonyl (C=O) groups excluding carboxylic acids is 3. The smallest absolute Gasteiger partial charge is 0.310 e. The zero-order valence-electron chi connectivity index (χ0n) is 50.0. The molecule has 0 amide bonds. The van der Waals surface area contributed by atoms with Crippen molar-refractivity contribution in [2.45, 2.75) is 232 Å². The van der Waals surface area contributed by atoms with E-state index in [4.69, 9.17) is 14.2 Å². The SMILES string of the molecule is CC/C=C\C/C=C\C/C=C\C/C=C\C/C=C\C/C=C\C/C=C\C/C=C\C/C=C\C/C=C\CCCCCCC(=O)OCC(COC(=O)CCCCCCC/C=C\CCCC)OC(=O)C/C=C\C/C=C\C/C=C\C/C=C\C/C=C\CC. The van der Waals surface area contributed by atoms with Crippen LogP contribution in [0.1, 0.15) is 226 Å². The number of rotatable bonds is 53. The number of ether oxygens (including phenoxy) is 3. The average molecular weight is 1080 g/mol. The number of allylic oxidation sites excluding steroid dienone is 31. The Morgan fingerprint density at radius 3 is 0.848 bits per heavy atom. The van der Waals surface area contributed by atoms with Crippen LogP contribution in [0.4, 0.5) is 0 Å². The summed E-state index contributed by atoms with van der Waals surface area (Å²) in [6.07, 6.45) is 99.0. The highest BCUT2D eigenvalue weighted by molar-refractivity contribution is 5.72. The van der Waals surface area contributed by atoms with Gasteiger partial charge >= 0.3 is 17.9 Å². The van der Waals surface area contributed by atoms with Gasteiger partial charge in [-0.2, -0.15) is 0 Å². The Labute approximate surface area is 484 Å². The minimum atomic E-state index is -0.857. The lowest BCUT2D eigenvalue weighted by atomic mass is 10.1. The third-order valence-corrected chi connectivity index (χ3v) is 12.1. The fourth-order valence-electron chi connectivity index (χ4n) is 7.52. The summed E-state index contributed by atoms with van der Waals surface area (Å²) < 4.78 is 16.7. The summed E-state index contributed by atoms with van der Waals surface area (Å²) in [6, 6.07) is 0. The summed E-state index contributed by atoms with van der Waals surface area (Å²) in [5.74, 6) is -1.12. The van der Waals surface area contributed by atoms with Crippen LogP contribution >= 0.6 is 0 Å². The molecule has 6 heteroatoms. The maximum Gasteiger partial charge on any atom is 0.310 e. The van der Waals surface area contributed by atoms with Gasteiger partial charge in [-0.05, 0) is 141 Å². The fourth-order valence-corrected chi connectivity index (χ4v) is 7.52. The number of hydrogen-bond acceptors (Lipinski definition) is 6. The standard InChI is InChI=1S/C73H110O6/c1-4-7-10-13-16-19-22-24-26-27-28-29-30-31-32-33-34-35-36-37-38-39-40-41-42-43-44-45-47-48-51-54-57-60-63-66-72(75)78-69-70(68-77-71(74)65-62-59-56-53-50-21-18-15-12-9-6-3)79-73(76)67-64-61-58-55-52-49-46-25-23-20-17-14-11-8-5-2/h7-8,10-11,15-20,24-26,28-29,31-32,34-35,37-38,40-41,43-44,46-48,52,55,61,64,70H,4-6,9,12-14,21-23,27,30,33,36,39,42,45,49-51,53-54,56-60,62-63,65-69H2,1-3H3/b10-7-,11-8-,18-15-,19-16-,20-17-,26-24-,29-28-,32-31-,35-34-,38-37-,41-40-,44-43-,46-25-,48-47-,55-52-,64-61-. The topological polar surface area (TPSA) is 78.9 Å². The molecular weight excluding hydrogens is 973 g/mol. The third kappa shape index (κ3) is 63.0. The summed E-state index contributed by atoms with van der Waals surface area (Å²) in [5.41, 5.74) is 0. The molecule has 0 heterocycles. The molecule has 0 aliphatic heterocycles. The normalized spacial score (nSPS) is 13.5. The minimum Gasteiger partial charge on any atom is -0.462 e. The predicted molar refractivity (Wildman–Crippen MR) is 343 cm³/mol. The molecule has 1 atom stereocenters. The molecule has 438 valence electrons. The molecule has 0 fully saturated rings. The van der Waals surface area contributed by atoms with Crippen molar-refractivity contribution in [3.05, 3.63) is 194 Å². The lowest BCUT2D eigenvalue weighted by Crippen LogP contribution is -2.30. The van der Waals surface area contributed by atoms with Gasteiger partial charge in [-0.15, -0.1) is 0 Å². The van der Waals surface area contributed by atoms with Gasteiger partial charge in [0.15, 0.2) is 6.10 Å².